The number of para-hydroxylation sites is 2. The van der Waals surface area contributed by atoms with Crippen LogP contribution in [-0.2, 0) is 32.0 Å². The summed E-state index contributed by atoms with van der Waals surface area (Å²) in [5.41, 5.74) is 3.11. The third-order valence-corrected chi connectivity index (χ3v) is 10.4. The van der Waals surface area contributed by atoms with Crippen molar-refractivity contribution in [1.82, 2.24) is 0 Å². The normalized spacial score (nSPS) is 12.1. The summed E-state index contributed by atoms with van der Waals surface area (Å²) >= 11 is 37.3. The average molecular weight is 986 g/mol. The van der Waals surface area contributed by atoms with Crippen LogP contribution >= 0.6 is 69.6 Å². The van der Waals surface area contributed by atoms with E-state index in [9.17, 15) is 28.8 Å². The molecule has 5 rings (SSSR count). The smallest absolute Gasteiger partial charge is 0.258 e. The maximum atomic E-state index is 13.4. The fraction of sp³-hybridized carbons (Fsp3) is 0.182. The number of nitrogens with zero attached hydrogens (tertiary/aromatic N) is 4. The van der Waals surface area contributed by atoms with E-state index in [2.05, 4.69) is 41.7 Å². The number of ketones is 2. The van der Waals surface area contributed by atoms with Gasteiger partial charge in [-0.05, 0) is 98.5 Å². The minimum Gasteiger partial charge on any atom is -0.324 e. The lowest BCUT2D eigenvalue weighted by molar-refractivity contribution is -0.127. The van der Waals surface area contributed by atoms with Crippen LogP contribution in [0.1, 0.15) is 45.7 Å². The molecule has 330 valence electrons. The molecule has 0 saturated heterocycles. The zero-order chi connectivity index (χ0) is 46.5. The molecule has 2 atom stereocenters. The number of amides is 4. The van der Waals surface area contributed by atoms with Crippen LogP contribution in [0.25, 0.3) is 0 Å². The number of aryl methyl sites for hydroxylation is 2. The molecule has 4 amide bonds. The summed E-state index contributed by atoms with van der Waals surface area (Å²) in [5.74, 6) is -3.52. The summed E-state index contributed by atoms with van der Waals surface area (Å²) in [6, 6.07) is 21.9. The molecule has 0 bridgehead atoms. The number of anilines is 4. The number of azo groups is 2. The Hall–Kier alpha value is -5.74. The molecule has 14 nitrogen and oxygen atoms in total. The maximum Gasteiger partial charge on any atom is 0.258 e. The molecule has 0 fully saturated rings. The largest absolute Gasteiger partial charge is 0.324 e. The fourth-order valence-electron chi connectivity index (χ4n) is 5.89. The van der Waals surface area contributed by atoms with Crippen LogP contribution in [0.15, 0.2) is 118 Å². The predicted octanol–water partition coefficient (Wildman–Crippen LogP) is 11.7. The van der Waals surface area contributed by atoms with Crippen molar-refractivity contribution in [2.75, 3.05) is 33.0 Å². The predicted molar refractivity (Wildman–Crippen MR) is 252 cm³/mol. The topological polar surface area (TPSA) is 200 Å². The Morgan fingerprint density at radius 3 is 1.34 bits per heavy atom. The highest BCUT2D eigenvalue weighted by atomic mass is 35.5. The minimum absolute atomic E-state index is 0.0155. The Balaban J connectivity index is 1.26. The summed E-state index contributed by atoms with van der Waals surface area (Å²) in [6.07, 6.45) is 1.06. The van der Waals surface area contributed by atoms with Gasteiger partial charge in [0.2, 0.25) is 12.1 Å². The maximum absolute atomic E-state index is 13.4. The van der Waals surface area contributed by atoms with Crippen LogP contribution in [0, 0.1) is 0 Å². The van der Waals surface area contributed by atoms with E-state index in [4.69, 9.17) is 69.6 Å². The number of carbonyl (C=O) groups excluding carboxylic acids is 6. The molecule has 0 saturated carbocycles. The Morgan fingerprint density at radius 2 is 0.938 bits per heavy atom. The first kappa shape index (κ1) is 49.3. The van der Waals surface area contributed by atoms with Crippen LogP contribution < -0.4 is 21.3 Å². The number of halogens is 6. The number of carbonyl (C=O) groups is 6. The van der Waals surface area contributed by atoms with Crippen LogP contribution in [0.4, 0.5) is 34.1 Å². The molecular weight excluding hydrogens is 949 g/mol. The number of hydrogen-bond acceptors (Lipinski definition) is 10. The highest BCUT2D eigenvalue weighted by Crippen LogP contribution is 2.35. The van der Waals surface area contributed by atoms with Crippen molar-refractivity contribution < 1.29 is 28.8 Å². The van der Waals surface area contributed by atoms with E-state index in [1.807, 2.05) is 24.3 Å². The third-order valence-electron chi connectivity index (χ3n) is 8.95. The first-order chi connectivity index (χ1) is 30.6. The quantitative estimate of drug-likeness (QED) is 0.0382. The summed E-state index contributed by atoms with van der Waals surface area (Å²) < 4.78 is 0. The zero-order valence-corrected chi connectivity index (χ0v) is 38.3. The third kappa shape index (κ3) is 13.6. The van der Waals surface area contributed by atoms with Gasteiger partial charge >= 0.3 is 0 Å². The fourth-order valence-corrected chi connectivity index (χ4v) is 7.34. The number of benzene rings is 5. The lowest BCUT2D eigenvalue weighted by atomic mass is 10.1. The van der Waals surface area contributed by atoms with E-state index in [0.717, 1.165) is 25.0 Å². The number of hydrogen-bond donors (Lipinski definition) is 4. The average Bonchev–Trinajstić information content (AvgIpc) is 3.23. The molecule has 0 aromatic heterocycles. The van der Waals surface area contributed by atoms with Crippen LogP contribution in [0.5, 0.6) is 0 Å². The Bertz CT molecular complexity index is 2660. The van der Waals surface area contributed by atoms with Crippen LogP contribution in [0.2, 0.25) is 20.1 Å². The van der Waals surface area contributed by atoms with Crippen molar-refractivity contribution in [2.24, 2.45) is 20.5 Å². The van der Waals surface area contributed by atoms with Crippen molar-refractivity contribution >= 4 is 139 Å². The number of nitrogens with one attached hydrogen (secondary N) is 4. The molecule has 64 heavy (non-hydrogen) atoms. The van der Waals surface area contributed by atoms with Gasteiger partial charge in [-0.1, -0.05) is 82.8 Å². The number of Topliss-reactive ketones (excluding diaryl/α,β-unsaturated/α-hetero) is 2. The van der Waals surface area contributed by atoms with Crippen molar-refractivity contribution in [3.63, 3.8) is 0 Å². The van der Waals surface area contributed by atoms with E-state index < -0.39 is 47.3 Å². The van der Waals surface area contributed by atoms with Crippen molar-refractivity contribution in [2.45, 2.75) is 38.8 Å². The van der Waals surface area contributed by atoms with Gasteiger partial charge in [0.15, 0.2) is 11.6 Å². The molecule has 2 unspecified atom stereocenters. The lowest BCUT2D eigenvalue weighted by Crippen LogP contribution is -2.32. The molecule has 0 aliphatic heterocycles. The number of alkyl halides is 2. The second-order valence-electron chi connectivity index (χ2n) is 13.7. The summed E-state index contributed by atoms with van der Waals surface area (Å²) in [6.45, 7) is 2.25. The van der Waals surface area contributed by atoms with Gasteiger partial charge in [0, 0.05) is 50.0 Å². The molecule has 4 N–H and O–H groups in total. The Kier molecular flexibility index (Phi) is 17.9. The van der Waals surface area contributed by atoms with Gasteiger partial charge in [0.25, 0.3) is 23.6 Å². The molecule has 0 heterocycles. The van der Waals surface area contributed by atoms with Crippen molar-refractivity contribution in [3.05, 3.63) is 139 Å². The second-order valence-corrected chi connectivity index (χ2v) is 16.2. The monoisotopic (exact) mass is 982 g/mol. The summed E-state index contributed by atoms with van der Waals surface area (Å²) in [4.78, 5) is 78.1. The first-order valence-electron chi connectivity index (χ1n) is 19.0. The van der Waals surface area contributed by atoms with Gasteiger partial charge in [0.1, 0.15) is 0 Å². The first-order valence-corrected chi connectivity index (χ1v) is 21.6. The minimum atomic E-state index is -1.69. The Morgan fingerprint density at radius 1 is 0.531 bits per heavy atom. The summed E-state index contributed by atoms with van der Waals surface area (Å²) in [5, 5.41) is 26.5. The van der Waals surface area contributed by atoms with Crippen molar-refractivity contribution in [1.29, 1.82) is 0 Å². The van der Waals surface area contributed by atoms with E-state index in [0.29, 0.717) is 36.0 Å². The van der Waals surface area contributed by atoms with E-state index in [1.165, 1.54) is 48.5 Å². The Labute approximate surface area is 397 Å². The molecule has 0 aliphatic carbocycles. The molecule has 5 aromatic carbocycles. The molecule has 5 aromatic rings. The van der Waals surface area contributed by atoms with Crippen molar-refractivity contribution in [3.8, 4) is 0 Å². The SMILES string of the molecule is CC(=O)C(N=Nc1cc(Cl)cc(C(=O)Nc2ccccc2CCCl)c1)C(=O)Nc1cc(Cl)c(NC(=O)C(N=Nc2cc(Cl)cc(C(=O)Nc3ccccc3CCCl)c2)C(C)=O)c(Cl)c1. The molecule has 20 heteroatoms. The molecule has 0 aliphatic rings. The number of rotatable bonds is 18. The van der Waals surface area contributed by atoms with Gasteiger partial charge in [-0.15, -0.1) is 23.2 Å². The highest BCUT2D eigenvalue weighted by molar-refractivity contribution is 6.40. The molecular formula is C44H36Cl6N8O6. The second kappa shape index (κ2) is 23.3. The van der Waals surface area contributed by atoms with Gasteiger partial charge in [-0.25, -0.2) is 0 Å². The van der Waals surface area contributed by atoms with Gasteiger partial charge in [-0.2, -0.15) is 20.5 Å². The molecule has 0 radical (unpaired) electrons. The summed E-state index contributed by atoms with van der Waals surface area (Å²) in [7, 11) is 0. The molecule has 0 spiro atoms. The van der Waals surface area contributed by atoms with Crippen LogP contribution in [0.3, 0.4) is 0 Å². The van der Waals surface area contributed by atoms with Gasteiger partial charge in [0.05, 0.1) is 27.1 Å². The van der Waals surface area contributed by atoms with E-state index in [1.54, 1.807) is 24.3 Å². The van der Waals surface area contributed by atoms with Gasteiger partial charge in [-0.3, -0.25) is 28.8 Å². The zero-order valence-electron chi connectivity index (χ0n) is 33.7. The van der Waals surface area contributed by atoms with Gasteiger partial charge < -0.3 is 21.3 Å². The van der Waals surface area contributed by atoms with E-state index in [-0.39, 0.29) is 54.0 Å². The highest BCUT2D eigenvalue weighted by Gasteiger charge is 2.27. The lowest BCUT2D eigenvalue weighted by Gasteiger charge is -2.15. The van der Waals surface area contributed by atoms with E-state index >= 15 is 0 Å². The van der Waals surface area contributed by atoms with Crippen LogP contribution in [-0.4, -0.2) is 59.0 Å². The standard InChI is InChI=1S/C44H36Cl6N8O6/c1-23(59)38(57-55-32-17-27(15-29(47)19-32)41(61)52-36-9-5-3-7-25(36)11-13-45)43(63)51-31-21-34(49)40(35(50)22-31)54-44(64)39(24(2)60)58-56-33-18-28(16-30(48)20-33)42(62)53-37-10-6-4-8-26(37)12-14-46/h3-10,15-22,38-39H,11-14H2,1-2H3,(H,51,63)(H,52,61)(H,53,62)(H,54,64).